The minimum Gasteiger partial charge on any atom is -0.342 e. The Morgan fingerprint density at radius 1 is 0.914 bits per heavy atom. The largest absolute Gasteiger partial charge is 0.342 e. The van der Waals surface area contributed by atoms with Gasteiger partial charge in [-0.25, -0.2) is 14.1 Å². The number of hydrogen-bond donors (Lipinski definition) is 1. The van der Waals surface area contributed by atoms with Crippen molar-refractivity contribution < 1.29 is 18.8 Å². The van der Waals surface area contributed by atoms with Gasteiger partial charge in [0.2, 0.25) is 0 Å². The van der Waals surface area contributed by atoms with Gasteiger partial charge in [-0.15, -0.1) is 0 Å². The van der Waals surface area contributed by atoms with E-state index in [4.69, 9.17) is 0 Å². The Hall–Kier alpha value is -4.52. The molecule has 0 spiro atoms. The molecule has 174 valence electrons. The number of amides is 4. The number of halogens is 1. The predicted octanol–water partition coefficient (Wildman–Crippen LogP) is 5.11. The highest BCUT2D eigenvalue weighted by Crippen LogP contribution is 2.28. The topological polar surface area (TPSA) is 71.4 Å². The molecular weight excluding hydrogens is 445 g/mol. The van der Waals surface area contributed by atoms with Crippen LogP contribution in [0.1, 0.15) is 22.3 Å². The van der Waals surface area contributed by atoms with Crippen molar-refractivity contribution in [3.8, 4) is 0 Å². The summed E-state index contributed by atoms with van der Waals surface area (Å²) in [7, 11) is 0. The van der Waals surface area contributed by atoms with E-state index in [1.165, 1.54) is 18.2 Å². The van der Waals surface area contributed by atoms with E-state index >= 15 is 0 Å². The van der Waals surface area contributed by atoms with Crippen molar-refractivity contribution in [1.29, 1.82) is 0 Å². The first kappa shape index (κ1) is 22.3. The third-order valence-corrected chi connectivity index (χ3v) is 5.95. The summed E-state index contributed by atoms with van der Waals surface area (Å²) in [5.74, 6) is -1.73. The Kier molecular flexibility index (Phi) is 5.53. The van der Waals surface area contributed by atoms with E-state index in [0.29, 0.717) is 17.8 Å². The Bertz CT molecular complexity index is 1510. The first-order valence-electron chi connectivity index (χ1n) is 11.1. The lowest BCUT2D eigenvalue weighted by Gasteiger charge is -2.26. The van der Waals surface area contributed by atoms with Crippen LogP contribution in [0, 0.1) is 19.7 Å². The molecule has 35 heavy (non-hydrogen) atoms. The van der Waals surface area contributed by atoms with Crippen LogP contribution in [0.2, 0.25) is 0 Å². The number of carbonyl (C=O) groups excluding carboxylic acids is 3. The number of nitrogens with one attached hydrogen (secondary N) is 1. The quantitative estimate of drug-likeness (QED) is 0.335. The van der Waals surface area contributed by atoms with Crippen LogP contribution in [0.4, 0.5) is 14.9 Å². The second kappa shape index (κ2) is 8.68. The van der Waals surface area contributed by atoms with E-state index in [2.05, 4.69) is 5.32 Å². The van der Waals surface area contributed by atoms with E-state index in [1.54, 1.807) is 24.3 Å². The summed E-state index contributed by atoms with van der Waals surface area (Å²) in [6, 6.07) is 18.5. The molecule has 0 saturated carbocycles. The predicted molar refractivity (Wildman–Crippen MR) is 132 cm³/mol. The zero-order valence-electron chi connectivity index (χ0n) is 19.2. The molecule has 0 aliphatic carbocycles. The Balaban J connectivity index is 1.57. The maximum Gasteiger partial charge on any atom is 0.335 e. The average molecular weight is 468 g/mol. The standard InChI is InChI=1S/C28H22FN3O3/c1-17-11-18(2)13-22(12-17)32-27(34)24(26(33)30-28(32)35)14-20-16-31(25-6-4-3-5-23(20)25)15-19-7-9-21(29)10-8-19/h3-14,16H,15H2,1-2H3,(H,30,33,35)/b24-14+. The second-order valence-electron chi connectivity index (χ2n) is 8.66. The molecule has 1 saturated heterocycles. The second-order valence-corrected chi connectivity index (χ2v) is 8.66. The molecule has 0 radical (unpaired) electrons. The van der Waals surface area contributed by atoms with E-state index in [9.17, 15) is 18.8 Å². The lowest BCUT2D eigenvalue weighted by atomic mass is 10.0. The van der Waals surface area contributed by atoms with Crippen LogP contribution in [0.15, 0.2) is 78.5 Å². The summed E-state index contributed by atoms with van der Waals surface area (Å²) in [4.78, 5) is 39.7. The van der Waals surface area contributed by atoms with Crippen LogP contribution in [-0.4, -0.2) is 22.4 Å². The van der Waals surface area contributed by atoms with Gasteiger partial charge in [-0.3, -0.25) is 14.9 Å². The normalized spacial score (nSPS) is 15.2. The van der Waals surface area contributed by atoms with Crippen molar-refractivity contribution in [3.05, 3.63) is 107 Å². The van der Waals surface area contributed by atoms with Gasteiger partial charge in [0.05, 0.1) is 5.69 Å². The molecule has 3 aromatic carbocycles. The molecule has 5 rings (SSSR count). The number of fused-ring (bicyclic) bond motifs is 1. The SMILES string of the molecule is Cc1cc(C)cc(N2C(=O)NC(=O)/C(=C\c3cn(Cc4ccc(F)cc4)c4ccccc34)C2=O)c1. The number of hydrogen-bond acceptors (Lipinski definition) is 3. The summed E-state index contributed by atoms with van der Waals surface area (Å²) in [6.07, 6.45) is 3.36. The Morgan fingerprint density at radius 3 is 2.31 bits per heavy atom. The number of urea groups is 1. The number of aromatic nitrogens is 1. The van der Waals surface area contributed by atoms with Crippen LogP contribution in [0.25, 0.3) is 17.0 Å². The summed E-state index contributed by atoms with van der Waals surface area (Å²) in [5, 5.41) is 3.13. The van der Waals surface area contributed by atoms with Crippen molar-refractivity contribution in [1.82, 2.24) is 9.88 Å². The number of nitrogens with zero attached hydrogens (tertiary/aromatic N) is 2. The van der Waals surface area contributed by atoms with Gasteiger partial charge < -0.3 is 4.57 Å². The van der Waals surface area contributed by atoms with Gasteiger partial charge in [-0.2, -0.15) is 0 Å². The van der Waals surface area contributed by atoms with Crippen molar-refractivity contribution in [3.63, 3.8) is 0 Å². The molecule has 7 heteroatoms. The third kappa shape index (κ3) is 4.24. The molecule has 1 fully saturated rings. The van der Waals surface area contributed by atoms with Gasteiger partial charge in [-0.05, 0) is 66.9 Å². The highest BCUT2D eigenvalue weighted by atomic mass is 19.1. The summed E-state index contributed by atoms with van der Waals surface area (Å²) >= 11 is 0. The van der Waals surface area contributed by atoms with Crippen LogP contribution < -0.4 is 10.2 Å². The fourth-order valence-electron chi connectivity index (χ4n) is 4.43. The number of rotatable bonds is 4. The number of aryl methyl sites for hydroxylation is 2. The molecule has 6 nitrogen and oxygen atoms in total. The smallest absolute Gasteiger partial charge is 0.335 e. The van der Waals surface area contributed by atoms with Crippen LogP contribution >= 0.6 is 0 Å². The van der Waals surface area contributed by atoms with Crippen molar-refractivity contribution in [2.24, 2.45) is 0 Å². The zero-order valence-corrected chi connectivity index (χ0v) is 19.2. The number of anilines is 1. The van der Waals surface area contributed by atoms with Gasteiger partial charge >= 0.3 is 6.03 Å². The molecule has 4 amide bonds. The fourth-order valence-corrected chi connectivity index (χ4v) is 4.43. The Labute approximate surface area is 201 Å². The summed E-state index contributed by atoms with van der Waals surface area (Å²) < 4.78 is 15.3. The van der Waals surface area contributed by atoms with E-state index < -0.39 is 17.8 Å². The molecule has 1 aliphatic rings. The molecule has 1 aliphatic heterocycles. The highest BCUT2D eigenvalue weighted by molar-refractivity contribution is 6.39. The average Bonchev–Trinajstić information content (AvgIpc) is 3.14. The molecule has 0 unspecified atom stereocenters. The van der Waals surface area contributed by atoms with E-state index in [-0.39, 0.29) is 11.4 Å². The van der Waals surface area contributed by atoms with Gasteiger partial charge in [0.15, 0.2) is 0 Å². The van der Waals surface area contributed by atoms with Crippen molar-refractivity contribution in [2.75, 3.05) is 4.90 Å². The lowest BCUT2D eigenvalue weighted by Crippen LogP contribution is -2.54. The van der Waals surface area contributed by atoms with E-state index in [0.717, 1.165) is 32.5 Å². The molecule has 1 aromatic heterocycles. The maximum absolute atomic E-state index is 13.4. The highest BCUT2D eigenvalue weighted by Gasteiger charge is 2.37. The zero-order chi connectivity index (χ0) is 24.7. The van der Waals surface area contributed by atoms with Crippen LogP contribution in [-0.2, 0) is 16.1 Å². The molecule has 1 N–H and O–H groups in total. The Morgan fingerprint density at radius 2 is 1.60 bits per heavy atom. The number of barbiturate groups is 1. The van der Waals surface area contributed by atoms with Crippen molar-refractivity contribution in [2.45, 2.75) is 20.4 Å². The minimum absolute atomic E-state index is 0.131. The van der Waals surface area contributed by atoms with Crippen molar-refractivity contribution >= 4 is 40.5 Å². The molecule has 0 atom stereocenters. The first-order chi connectivity index (χ1) is 16.8. The monoisotopic (exact) mass is 467 g/mol. The maximum atomic E-state index is 13.4. The molecule has 4 aromatic rings. The minimum atomic E-state index is -0.777. The van der Waals surface area contributed by atoms with Gasteiger partial charge in [0, 0.05) is 29.2 Å². The fraction of sp³-hybridized carbons (Fsp3) is 0.107. The molecule has 0 bridgehead atoms. The molecular formula is C28H22FN3O3. The van der Waals surface area contributed by atoms with Gasteiger partial charge in [-0.1, -0.05) is 36.4 Å². The number of carbonyl (C=O) groups is 3. The van der Waals surface area contributed by atoms with Gasteiger partial charge in [0.25, 0.3) is 11.8 Å². The van der Waals surface area contributed by atoms with Crippen LogP contribution in [0.5, 0.6) is 0 Å². The number of imide groups is 2. The third-order valence-electron chi connectivity index (χ3n) is 5.95. The number of benzene rings is 3. The lowest BCUT2D eigenvalue weighted by molar-refractivity contribution is -0.122. The summed E-state index contributed by atoms with van der Waals surface area (Å²) in [6.45, 7) is 4.23. The van der Waals surface area contributed by atoms with Gasteiger partial charge in [0.1, 0.15) is 11.4 Å². The number of para-hydroxylation sites is 1. The summed E-state index contributed by atoms with van der Waals surface area (Å²) in [5.41, 5.74) is 4.53. The van der Waals surface area contributed by atoms with Crippen LogP contribution in [0.3, 0.4) is 0 Å². The van der Waals surface area contributed by atoms with E-state index in [1.807, 2.05) is 54.9 Å². The first-order valence-corrected chi connectivity index (χ1v) is 11.1. The molecule has 2 heterocycles.